The highest BCUT2D eigenvalue weighted by atomic mass is 16.5. The van der Waals surface area contributed by atoms with Gasteiger partial charge in [-0.15, -0.1) is 0 Å². The van der Waals surface area contributed by atoms with Crippen molar-refractivity contribution in [1.82, 2.24) is 0 Å². The molecule has 0 aromatic heterocycles. The highest BCUT2D eigenvalue weighted by molar-refractivity contribution is 5.28. The van der Waals surface area contributed by atoms with Crippen LogP contribution in [0.4, 0.5) is 0 Å². The predicted octanol–water partition coefficient (Wildman–Crippen LogP) is 4.52. The Morgan fingerprint density at radius 3 is 1.40 bits per heavy atom. The van der Waals surface area contributed by atoms with E-state index in [1.807, 2.05) is 24.3 Å². The fourth-order valence-corrected chi connectivity index (χ4v) is 1.78. The number of hydrogen-bond acceptors (Lipinski definition) is 2. The predicted molar refractivity (Wildman–Crippen MR) is 84.7 cm³/mol. The van der Waals surface area contributed by atoms with Gasteiger partial charge in [0.05, 0.1) is 14.2 Å². The van der Waals surface area contributed by atoms with Gasteiger partial charge >= 0.3 is 0 Å². The molecule has 0 spiro atoms. The number of hydrogen-bond donors (Lipinski definition) is 0. The largest absolute Gasteiger partial charge is 0.497 e. The normalized spacial score (nSPS) is 9.40. The second-order valence-electron chi connectivity index (χ2n) is 4.41. The highest BCUT2D eigenvalue weighted by Gasteiger charge is 1.91. The molecular formula is C18H24O2. The van der Waals surface area contributed by atoms with Crippen LogP contribution in [0, 0.1) is 0 Å². The lowest BCUT2D eigenvalue weighted by atomic mass is 10.2. The van der Waals surface area contributed by atoms with Crippen LogP contribution >= 0.6 is 0 Å². The van der Waals surface area contributed by atoms with E-state index in [1.165, 1.54) is 11.1 Å². The van der Waals surface area contributed by atoms with Crippen LogP contribution in [-0.2, 0) is 12.8 Å². The maximum Gasteiger partial charge on any atom is 0.119 e. The van der Waals surface area contributed by atoms with E-state index in [0.717, 1.165) is 24.3 Å². The van der Waals surface area contributed by atoms with Gasteiger partial charge < -0.3 is 9.47 Å². The molecule has 0 aliphatic carbocycles. The van der Waals surface area contributed by atoms with Crippen molar-refractivity contribution in [3.63, 3.8) is 0 Å². The molecule has 0 aliphatic rings. The smallest absolute Gasteiger partial charge is 0.119 e. The number of aryl methyl sites for hydroxylation is 2. The third-order valence-corrected chi connectivity index (χ3v) is 3.08. The minimum absolute atomic E-state index is 0.944. The zero-order chi connectivity index (χ0) is 14.8. The Hall–Kier alpha value is -1.96. The van der Waals surface area contributed by atoms with Crippen LogP contribution in [0.15, 0.2) is 48.5 Å². The first-order valence-electron chi connectivity index (χ1n) is 6.99. The van der Waals surface area contributed by atoms with E-state index in [9.17, 15) is 0 Å². The zero-order valence-corrected chi connectivity index (χ0v) is 12.8. The Morgan fingerprint density at radius 1 is 0.700 bits per heavy atom. The number of benzene rings is 2. The fourth-order valence-electron chi connectivity index (χ4n) is 1.78. The van der Waals surface area contributed by atoms with Gasteiger partial charge in [-0.1, -0.05) is 38.1 Å². The summed E-state index contributed by atoms with van der Waals surface area (Å²) in [5, 5.41) is 0. The molecule has 0 unspecified atom stereocenters. The van der Waals surface area contributed by atoms with Gasteiger partial charge in [0, 0.05) is 0 Å². The molecule has 0 amide bonds. The molecule has 0 saturated carbocycles. The molecule has 0 atom stereocenters. The average Bonchev–Trinajstić information content (AvgIpc) is 2.55. The Kier molecular flexibility index (Phi) is 7.26. The standard InChI is InChI=1S/2C9H12O/c2*1-3-8-5-4-6-9(7-8)10-2/h2*4-7H,3H2,1-2H3. The summed E-state index contributed by atoms with van der Waals surface area (Å²) < 4.78 is 10.1. The minimum Gasteiger partial charge on any atom is -0.497 e. The van der Waals surface area contributed by atoms with Crippen molar-refractivity contribution in [1.29, 1.82) is 0 Å². The first-order valence-corrected chi connectivity index (χ1v) is 6.99. The molecule has 2 aromatic carbocycles. The summed E-state index contributed by atoms with van der Waals surface area (Å²) >= 11 is 0. The molecule has 0 N–H and O–H groups in total. The summed E-state index contributed by atoms with van der Waals surface area (Å²) in [6.07, 6.45) is 2.13. The van der Waals surface area contributed by atoms with E-state index < -0.39 is 0 Å². The van der Waals surface area contributed by atoms with E-state index in [1.54, 1.807) is 14.2 Å². The first kappa shape index (κ1) is 16.1. The van der Waals surface area contributed by atoms with E-state index >= 15 is 0 Å². The maximum absolute atomic E-state index is 5.06. The summed E-state index contributed by atoms with van der Waals surface area (Å²) in [5.41, 5.74) is 2.64. The van der Waals surface area contributed by atoms with Gasteiger partial charge in [-0.05, 0) is 48.2 Å². The second kappa shape index (κ2) is 9.03. The molecule has 2 rings (SSSR count). The lowest BCUT2D eigenvalue weighted by Crippen LogP contribution is -1.84. The third-order valence-electron chi connectivity index (χ3n) is 3.08. The Balaban J connectivity index is 0.000000200. The number of rotatable bonds is 4. The third kappa shape index (κ3) is 5.35. The molecule has 0 saturated heterocycles. The van der Waals surface area contributed by atoms with Crippen molar-refractivity contribution >= 4 is 0 Å². The van der Waals surface area contributed by atoms with Gasteiger partial charge in [0.15, 0.2) is 0 Å². The summed E-state index contributed by atoms with van der Waals surface area (Å²) in [6, 6.07) is 16.2. The Morgan fingerprint density at radius 2 is 1.10 bits per heavy atom. The second-order valence-corrected chi connectivity index (χ2v) is 4.41. The van der Waals surface area contributed by atoms with E-state index in [2.05, 4.69) is 38.1 Å². The topological polar surface area (TPSA) is 18.5 Å². The van der Waals surface area contributed by atoms with Crippen molar-refractivity contribution in [2.24, 2.45) is 0 Å². The van der Waals surface area contributed by atoms with E-state index in [0.29, 0.717) is 0 Å². The van der Waals surface area contributed by atoms with Crippen LogP contribution in [0.5, 0.6) is 11.5 Å². The molecule has 2 nitrogen and oxygen atoms in total. The van der Waals surface area contributed by atoms with Gasteiger partial charge in [0.2, 0.25) is 0 Å². The molecule has 108 valence electrons. The first-order chi connectivity index (χ1) is 9.73. The van der Waals surface area contributed by atoms with Gasteiger partial charge in [-0.25, -0.2) is 0 Å². The molecule has 0 aliphatic heterocycles. The molecule has 2 heteroatoms. The number of methoxy groups -OCH3 is 2. The molecule has 0 heterocycles. The van der Waals surface area contributed by atoms with E-state index in [-0.39, 0.29) is 0 Å². The average molecular weight is 272 g/mol. The molecular weight excluding hydrogens is 248 g/mol. The highest BCUT2D eigenvalue weighted by Crippen LogP contribution is 2.12. The maximum atomic E-state index is 5.06. The summed E-state index contributed by atoms with van der Waals surface area (Å²) in [7, 11) is 3.38. The summed E-state index contributed by atoms with van der Waals surface area (Å²) in [4.78, 5) is 0. The molecule has 0 bridgehead atoms. The Labute approximate surface area is 122 Å². The summed E-state index contributed by atoms with van der Waals surface area (Å²) in [5.74, 6) is 1.89. The monoisotopic (exact) mass is 272 g/mol. The molecule has 20 heavy (non-hydrogen) atoms. The molecule has 0 radical (unpaired) electrons. The number of ether oxygens (including phenoxy) is 2. The molecule has 2 aromatic rings. The summed E-state index contributed by atoms with van der Waals surface area (Å²) in [6.45, 7) is 4.27. The van der Waals surface area contributed by atoms with Crippen molar-refractivity contribution < 1.29 is 9.47 Å². The van der Waals surface area contributed by atoms with Crippen LogP contribution < -0.4 is 9.47 Å². The van der Waals surface area contributed by atoms with E-state index in [4.69, 9.17) is 9.47 Å². The van der Waals surface area contributed by atoms with Crippen LogP contribution in [0.2, 0.25) is 0 Å². The van der Waals surface area contributed by atoms with Crippen LogP contribution in [-0.4, -0.2) is 14.2 Å². The van der Waals surface area contributed by atoms with Crippen molar-refractivity contribution in [2.75, 3.05) is 14.2 Å². The lowest BCUT2D eigenvalue weighted by molar-refractivity contribution is 0.414. The lowest BCUT2D eigenvalue weighted by Gasteiger charge is -2.00. The van der Waals surface area contributed by atoms with Crippen molar-refractivity contribution in [2.45, 2.75) is 26.7 Å². The van der Waals surface area contributed by atoms with Crippen molar-refractivity contribution in [3.8, 4) is 11.5 Å². The molecule has 0 fully saturated rings. The van der Waals surface area contributed by atoms with Crippen LogP contribution in [0.1, 0.15) is 25.0 Å². The Bertz CT molecular complexity index is 420. The zero-order valence-electron chi connectivity index (χ0n) is 12.8. The van der Waals surface area contributed by atoms with Gasteiger partial charge in [0.25, 0.3) is 0 Å². The fraction of sp³-hybridized carbons (Fsp3) is 0.333. The van der Waals surface area contributed by atoms with Gasteiger partial charge in [0.1, 0.15) is 11.5 Å². The minimum atomic E-state index is 0.944. The van der Waals surface area contributed by atoms with Gasteiger partial charge in [-0.2, -0.15) is 0 Å². The van der Waals surface area contributed by atoms with Crippen LogP contribution in [0.3, 0.4) is 0 Å². The SMILES string of the molecule is CCc1cccc(OC)c1.CCc1cccc(OC)c1. The quantitative estimate of drug-likeness (QED) is 0.815. The van der Waals surface area contributed by atoms with Gasteiger partial charge in [-0.3, -0.25) is 0 Å². The van der Waals surface area contributed by atoms with Crippen molar-refractivity contribution in [3.05, 3.63) is 59.7 Å². The van der Waals surface area contributed by atoms with Crippen LogP contribution in [0.25, 0.3) is 0 Å².